The molecule has 14 heteroatoms. The van der Waals surface area contributed by atoms with E-state index < -0.39 is 41.7 Å². The van der Waals surface area contributed by atoms with Crippen LogP contribution in [-0.4, -0.2) is 47.8 Å². The first-order valence-corrected chi connectivity index (χ1v) is 10.7. The standard InChI is InChI=1S/C22H22F6N4O4/c23-21(24,25)16-10-14(18(29)36-19(33)22(26,27)28)11-17(31-16)35-12-13-6-8-32(9-7-13)20(34)30-15-4-2-1-3-5-15/h1-5,10-11,13,18H,6-9,12,29H2,(H,30,34). The molecule has 1 atom stereocenters. The van der Waals surface area contributed by atoms with Gasteiger partial charge < -0.3 is 19.7 Å². The van der Waals surface area contributed by atoms with Crippen LogP contribution in [0.5, 0.6) is 5.88 Å². The number of hydrogen-bond acceptors (Lipinski definition) is 6. The molecule has 1 fully saturated rings. The number of nitrogens with zero attached hydrogens (tertiary/aromatic N) is 2. The van der Waals surface area contributed by atoms with E-state index in [9.17, 15) is 35.9 Å². The van der Waals surface area contributed by atoms with Crippen molar-refractivity contribution in [1.82, 2.24) is 9.88 Å². The molecule has 2 amide bonds. The monoisotopic (exact) mass is 520 g/mol. The summed E-state index contributed by atoms with van der Waals surface area (Å²) in [6, 6.07) is 9.82. The Kier molecular flexibility index (Phi) is 8.28. The number of anilines is 1. The number of nitrogens with one attached hydrogen (secondary N) is 1. The Morgan fingerprint density at radius 3 is 2.31 bits per heavy atom. The van der Waals surface area contributed by atoms with Crippen molar-refractivity contribution in [2.75, 3.05) is 25.0 Å². The number of hydrogen-bond donors (Lipinski definition) is 2. The van der Waals surface area contributed by atoms with Crippen molar-refractivity contribution in [3.8, 4) is 5.88 Å². The maximum absolute atomic E-state index is 13.2. The van der Waals surface area contributed by atoms with E-state index in [1.807, 2.05) is 6.07 Å². The van der Waals surface area contributed by atoms with Crippen molar-refractivity contribution >= 4 is 17.7 Å². The van der Waals surface area contributed by atoms with Gasteiger partial charge in [0.15, 0.2) is 6.23 Å². The molecule has 3 N–H and O–H groups in total. The van der Waals surface area contributed by atoms with Gasteiger partial charge in [0, 0.05) is 30.4 Å². The second-order valence-electron chi connectivity index (χ2n) is 7.98. The average Bonchev–Trinajstić information content (AvgIpc) is 2.82. The molecule has 1 unspecified atom stereocenters. The molecular weight excluding hydrogens is 498 g/mol. The Hall–Kier alpha value is -3.55. The lowest BCUT2D eigenvalue weighted by Crippen LogP contribution is -2.42. The maximum Gasteiger partial charge on any atom is 0.490 e. The largest absolute Gasteiger partial charge is 0.490 e. The number of benzene rings is 1. The molecule has 0 aliphatic carbocycles. The summed E-state index contributed by atoms with van der Waals surface area (Å²) in [5, 5.41) is 2.77. The second-order valence-corrected chi connectivity index (χ2v) is 7.98. The molecule has 0 radical (unpaired) electrons. The van der Waals surface area contributed by atoms with Gasteiger partial charge in [0.1, 0.15) is 5.69 Å². The van der Waals surface area contributed by atoms with Crippen LogP contribution in [0.1, 0.15) is 30.3 Å². The van der Waals surface area contributed by atoms with Crippen LogP contribution < -0.4 is 15.8 Å². The number of carbonyl (C=O) groups excluding carboxylic acids is 2. The summed E-state index contributed by atoms with van der Waals surface area (Å²) in [6.45, 7) is 0.706. The molecule has 1 aliphatic heterocycles. The van der Waals surface area contributed by atoms with E-state index in [1.165, 1.54) is 0 Å². The first-order valence-electron chi connectivity index (χ1n) is 10.7. The van der Waals surface area contributed by atoms with Crippen molar-refractivity contribution in [3.05, 3.63) is 53.7 Å². The fourth-order valence-corrected chi connectivity index (χ4v) is 3.39. The van der Waals surface area contributed by atoms with Gasteiger partial charge in [-0.2, -0.15) is 26.3 Å². The number of ether oxygens (including phenoxy) is 2. The lowest BCUT2D eigenvalue weighted by atomic mass is 9.98. The van der Waals surface area contributed by atoms with Crippen molar-refractivity contribution in [1.29, 1.82) is 0 Å². The summed E-state index contributed by atoms with van der Waals surface area (Å²) < 4.78 is 86.4. The highest BCUT2D eigenvalue weighted by Crippen LogP contribution is 2.32. The van der Waals surface area contributed by atoms with E-state index >= 15 is 0 Å². The number of rotatable bonds is 6. The van der Waals surface area contributed by atoms with Gasteiger partial charge in [-0.1, -0.05) is 18.2 Å². The first-order chi connectivity index (χ1) is 16.8. The highest BCUT2D eigenvalue weighted by molar-refractivity contribution is 5.89. The molecular formula is C22H22F6N4O4. The molecule has 196 valence electrons. The third-order valence-corrected chi connectivity index (χ3v) is 5.30. The Balaban J connectivity index is 1.60. The SMILES string of the molecule is NC(OC(=O)C(F)(F)F)c1cc(OCC2CCN(C(=O)Nc3ccccc3)CC2)nc(C(F)(F)F)c1. The first kappa shape index (κ1) is 27.0. The van der Waals surface area contributed by atoms with Gasteiger partial charge in [0.2, 0.25) is 5.88 Å². The van der Waals surface area contributed by atoms with Gasteiger partial charge in [-0.05, 0) is 37.0 Å². The molecule has 2 heterocycles. The van der Waals surface area contributed by atoms with Crippen LogP contribution in [0.3, 0.4) is 0 Å². The van der Waals surface area contributed by atoms with Crippen LogP contribution >= 0.6 is 0 Å². The number of amides is 2. The Morgan fingerprint density at radius 1 is 1.08 bits per heavy atom. The Morgan fingerprint density at radius 2 is 1.72 bits per heavy atom. The maximum atomic E-state index is 13.2. The number of esters is 1. The van der Waals surface area contributed by atoms with E-state index in [4.69, 9.17) is 10.5 Å². The van der Waals surface area contributed by atoms with Crippen molar-refractivity contribution < 1.29 is 45.4 Å². The van der Waals surface area contributed by atoms with Gasteiger partial charge in [-0.25, -0.2) is 14.6 Å². The van der Waals surface area contributed by atoms with Gasteiger partial charge >= 0.3 is 24.4 Å². The molecule has 1 aromatic heterocycles. The summed E-state index contributed by atoms with van der Waals surface area (Å²) in [6.07, 6.45) is -11.5. The quantitative estimate of drug-likeness (QED) is 0.330. The summed E-state index contributed by atoms with van der Waals surface area (Å²) in [5.41, 5.74) is 3.97. The molecule has 1 aromatic carbocycles. The van der Waals surface area contributed by atoms with Crippen LogP contribution in [0.25, 0.3) is 0 Å². The Bertz CT molecular complexity index is 1060. The molecule has 36 heavy (non-hydrogen) atoms. The van der Waals surface area contributed by atoms with E-state index in [-0.39, 0.29) is 18.6 Å². The minimum atomic E-state index is -5.37. The van der Waals surface area contributed by atoms with E-state index in [0.717, 1.165) is 6.07 Å². The predicted octanol–water partition coefficient (Wildman–Crippen LogP) is 4.49. The molecule has 1 saturated heterocycles. The van der Waals surface area contributed by atoms with Gasteiger partial charge in [-0.3, -0.25) is 5.73 Å². The van der Waals surface area contributed by atoms with Crippen LogP contribution in [0.15, 0.2) is 42.5 Å². The number of likely N-dealkylation sites (tertiary alicyclic amines) is 1. The van der Waals surface area contributed by atoms with Gasteiger partial charge in [0.25, 0.3) is 0 Å². The predicted molar refractivity (Wildman–Crippen MR) is 114 cm³/mol. The van der Waals surface area contributed by atoms with Crippen LogP contribution in [0.4, 0.5) is 36.8 Å². The average molecular weight is 520 g/mol. The molecule has 2 aromatic rings. The molecule has 1 aliphatic rings. The smallest absolute Gasteiger partial charge is 0.477 e. The van der Waals surface area contributed by atoms with Crippen molar-refractivity contribution in [2.45, 2.75) is 31.4 Å². The number of alkyl halides is 6. The summed E-state index contributed by atoms with van der Waals surface area (Å²) in [4.78, 5) is 28.3. The number of halogens is 6. The van der Waals surface area contributed by atoms with Crippen molar-refractivity contribution in [2.24, 2.45) is 11.7 Å². The fraction of sp³-hybridized carbons (Fsp3) is 0.409. The zero-order valence-corrected chi connectivity index (χ0v) is 18.6. The van der Waals surface area contributed by atoms with E-state index in [1.54, 1.807) is 29.2 Å². The lowest BCUT2D eigenvalue weighted by Gasteiger charge is -2.31. The van der Waals surface area contributed by atoms with Crippen molar-refractivity contribution in [3.63, 3.8) is 0 Å². The number of aromatic nitrogens is 1. The van der Waals surface area contributed by atoms with Gasteiger partial charge in [0.05, 0.1) is 6.61 Å². The third kappa shape index (κ3) is 7.47. The third-order valence-electron chi connectivity index (χ3n) is 5.30. The van der Waals surface area contributed by atoms with Crippen LogP contribution in [-0.2, 0) is 15.7 Å². The lowest BCUT2D eigenvalue weighted by molar-refractivity contribution is -0.205. The zero-order valence-electron chi connectivity index (χ0n) is 18.6. The summed E-state index contributed by atoms with van der Waals surface area (Å²) in [5.74, 6) is -3.31. The number of carbonyl (C=O) groups is 2. The van der Waals surface area contributed by atoms with E-state index in [0.29, 0.717) is 37.7 Å². The number of para-hydroxylation sites is 1. The topological polar surface area (TPSA) is 107 Å². The van der Waals surface area contributed by atoms with Gasteiger partial charge in [-0.15, -0.1) is 0 Å². The molecule has 0 saturated carbocycles. The molecule has 0 spiro atoms. The minimum absolute atomic E-state index is 0.0561. The highest BCUT2D eigenvalue weighted by atomic mass is 19.4. The Labute approximate surface area is 201 Å². The second kappa shape index (κ2) is 11.0. The number of urea groups is 1. The summed E-state index contributed by atoms with van der Waals surface area (Å²) in [7, 11) is 0. The minimum Gasteiger partial charge on any atom is -0.477 e. The summed E-state index contributed by atoms with van der Waals surface area (Å²) >= 11 is 0. The number of nitrogens with two attached hydrogens (primary N) is 1. The van der Waals surface area contributed by atoms with E-state index in [2.05, 4.69) is 15.0 Å². The molecule has 8 nitrogen and oxygen atoms in total. The van der Waals surface area contributed by atoms with Crippen LogP contribution in [0, 0.1) is 5.92 Å². The highest BCUT2D eigenvalue weighted by Gasteiger charge is 2.42. The molecule has 0 bridgehead atoms. The zero-order chi connectivity index (χ0) is 26.5. The number of piperidine rings is 1. The van der Waals surface area contributed by atoms with Crippen LogP contribution in [0.2, 0.25) is 0 Å². The normalized spacial score (nSPS) is 15.8. The fourth-order valence-electron chi connectivity index (χ4n) is 3.39. The number of pyridine rings is 1. The molecule has 3 rings (SSSR count).